The molecule has 0 amide bonds. The number of hydrogen-bond acceptors (Lipinski definition) is 6. The van der Waals surface area contributed by atoms with E-state index < -0.39 is 29.9 Å². The predicted octanol–water partition coefficient (Wildman–Crippen LogP) is 0.319. The zero-order valence-corrected chi connectivity index (χ0v) is 14.3. The smallest absolute Gasteiger partial charge is 0.327 e. The van der Waals surface area contributed by atoms with Crippen LogP contribution in [0.2, 0.25) is 0 Å². The number of aliphatic carboxylic acids is 1. The maximum Gasteiger partial charge on any atom is 0.327 e. The minimum Gasteiger partial charge on any atom is -0.478 e. The molecule has 0 spiro atoms. The third-order valence-electron chi connectivity index (χ3n) is 5.34. The largest absolute Gasteiger partial charge is 0.478 e. The molecule has 4 N–H and O–H groups in total. The number of aliphatic hydroxyl groups excluding tert-OH is 2. The highest BCUT2D eigenvalue weighted by Gasteiger charge is 2.52. The fraction of sp³-hybridized carbons (Fsp3) is 0.824. The van der Waals surface area contributed by atoms with Crippen molar-refractivity contribution in [1.82, 2.24) is 0 Å². The monoisotopic (exact) mass is 344 g/mol. The van der Waals surface area contributed by atoms with Crippen molar-refractivity contribution in [3.05, 3.63) is 12.2 Å². The molecule has 24 heavy (non-hydrogen) atoms. The van der Waals surface area contributed by atoms with Gasteiger partial charge in [0.15, 0.2) is 0 Å². The molecule has 4 unspecified atom stereocenters. The van der Waals surface area contributed by atoms with E-state index in [0.29, 0.717) is 6.42 Å². The molecule has 7 nitrogen and oxygen atoms in total. The molecule has 0 aromatic heterocycles. The second-order valence-electron chi connectivity index (χ2n) is 7.19. The van der Waals surface area contributed by atoms with Gasteiger partial charge in [0.1, 0.15) is 6.10 Å². The van der Waals surface area contributed by atoms with Crippen LogP contribution in [0.15, 0.2) is 12.2 Å². The van der Waals surface area contributed by atoms with Gasteiger partial charge in [-0.2, -0.15) is 0 Å². The molecule has 8 atom stereocenters. The van der Waals surface area contributed by atoms with Crippen LogP contribution in [-0.2, 0) is 14.3 Å². The normalized spacial score (nSPS) is 42.0. The summed E-state index contributed by atoms with van der Waals surface area (Å²) >= 11 is 0. The summed E-state index contributed by atoms with van der Waals surface area (Å²) in [4.78, 5) is 10.5. The Morgan fingerprint density at radius 3 is 2.62 bits per heavy atom. The Labute approximate surface area is 141 Å². The van der Waals surface area contributed by atoms with Gasteiger partial charge in [-0.25, -0.2) is 4.79 Å². The van der Waals surface area contributed by atoms with Crippen LogP contribution >= 0.6 is 0 Å². The average molecular weight is 344 g/mol. The van der Waals surface area contributed by atoms with Crippen molar-refractivity contribution in [1.29, 1.82) is 0 Å². The molecule has 2 aliphatic heterocycles. The van der Waals surface area contributed by atoms with Gasteiger partial charge in [-0.15, -0.1) is 0 Å². The lowest BCUT2D eigenvalue weighted by Gasteiger charge is -2.45. The first kappa shape index (κ1) is 19.3. The van der Waals surface area contributed by atoms with Gasteiger partial charge in [0, 0.05) is 17.9 Å². The molecule has 0 aromatic rings. The van der Waals surface area contributed by atoms with Gasteiger partial charge in [0.25, 0.3) is 0 Å². The molecule has 0 bridgehead atoms. The Morgan fingerprint density at radius 2 is 2.04 bits per heavy atom. The van der Waals surface area contributed by atoms with Crippen molar-refractivity contribution >= 4 is 5.97 Å². The van der Waals surface area contributed by atoms with Gasteiger partial charge < -0.3 is 29.9 Å². The van der Waals surface area contributed by atoms with Gasteiger partial charge in [0.2, 0.25) is 0 Å². The Bertz CT molecular complexity index is 474. The number of aliphatic hydroxyl groups is 3. The van der Waals surface area contributed by atoms with Gasteiger partial charge in [-0.05, 0) is 26.7 Å². The molecular weight excluding hydrogens is 316 g/mol. The van der Waals surface area contributed by atoms with Crippen molar-refractivity contribution in [3.63, 3.8) is 0 Å². The zero-order chi connectivity index (χ0) is 18.1. The van der Waals surface area contributed by atoms with Crippen molar-refractivity contribution in [2.24, 2.45) is 11.8 Å². The number of epoxide rings is 1. The molecule has 2 rings (SSSR count). The van der Waals surface area contributed by atoms with Gasteiger partial charge in [-0.1, -0.05) is 13.0 Å². The van der Waals surface area contributed by atoms with E-state index in [1.165, 1.54) is 6.08 Å². The highest BCUT2D eigenvalue weighted by molar-refractivity contribution is 5.79. The van der Waals surface area contributed by atoms with E-state index >= 15 is 0 Å². The number of rotatable bonds is 7. The molecule has 138 valence electrons. The summed E-state index contributed by atoms with van der Waals surface area (Å²) in [6, 6.07) is 0. The van der Waals surface area contributed by atoms with Crippen LogP contribution in [0, 0.1) is 11.8 Å². The molecule has 2 aliphatic rings. The van der Waals surface area contributed by atoms with Crippen molar-refractivity contribution in [3.8, 4) is 0 Å². The van der Waals surface area contributed by atoms with Crippen LogP contribution in [0.3, 0.4) is 0 Å². The highest BCUT2D eigenvalue weighted by Crippen LogP contribution is 2.41. The molecule has 0 aliphatic carbocycles. The Kier molecular flexibility index (Phi) is 6.04. The summed E-state index contributed by atoms with van der Waals surface area (Å²) in [7, 11) is 0. The van der Waals surface area contributed by atoms with Gasteiger partial charge in [0.05, 0.1) is 36.6 Å². The minimum atomic E-state index is -1.34. The minimum absolute atomic E-state index is 0.0169. The summed E-state index contributed by atoms with van der Waals surface area (Å²) in [5.41, 5.74) is -1.34. The summed E-state index contributed by atoms with van der Waals surface area (Å²) in [5, 5.41) is 39.3. The van der Waals surface area contributed by atoms with E-state index in [1.807, 2.05) is 6.92 Å². The summed E-state index contributed by atoms with van der Waals surface area (Å²) < 4.78 is 11.2. The summed E-state index contributed by atoms with van der Waals surface area (Å²) in [6.07, 6.45) is 0.883. The lowest BCUT2D eigenvalue weighted by Crippen LogP contribution is -2.58. The highest BCUT2D eigenvalue weighted by atomic mass is 16.6. The fourth-order valence-electron chi connectivity index (χ4n) is 3.29. The molecule has 0 saturated carbocycles. The first-order valence-electron chi connectivity index (χ1n) is 8.39. The first-order chi connectivity index (χ1) is 11.1. The van der Waals surface area contributed by atoms with Crippen LogP contribution in [0.4, 0.5) is 0 Å². The van der Waals surface area contributed by atoms with E-state index in [1.54, 1.807) is 13.8 Å². The summed E-state index contributed by atoms with van der Waals surface area (Å²) in [6.45, 7) is 5.49. The molecule has 2 heterocycles. The molecule has 0 radical (unpaired) electrons. The Hall–Kier alpha value is -0.990. The second-order valence-corrected chi connectivity index (χ2v) is 7.19. The molecule has 2 saturated heterocycles. The van der Waals surface area contributed by atoms with Gasteiger partial charge in [-0.3, -0.25) is 0 Å². The van der Waals surface area contributed by atoms with Crippen LogP contribution in [-0.4, -0.2) is 69.1 Å². The average Bonchev–Trinajstić information content (AvgIpc) is 3.24. The van der Waals surface area contributed by atoms with E-state index in [9.17, 15) is 20.1 Å². The van der Waals surface area contributed by atoms with Crippen molar-refractivity contribution in [2.45, 2.75) is 69.7 Å². The molecular formula is C17H28O7. The van der Waals surface area contributed by atoms with Gasteiger partial charge >= 0.3 is 5.97 Å². The SMILES string of the molecule is C[C@H]([C@@H]1O[C@H]1CC1COC(C/C=C/C(=O)O)C(O)C1(C)O)[C@H](C)O. The van der Waals surface area contributed by atoms with E-state index in [4.69, 9.17) is 14.6 Å². The topological polar surface area (TPSA) is 120 Å². The molecule has 0 aromatic carbocycles. The molecule has 2 fully saturated rings. The Balaban J connectivity index is 1.90. The van der Waals surface area contributed by atoms with Crippen molar-refractivity contribution < 1.29 is 34.7 Å². The fourth-order valence-corrected chi connectivity index (χ4v) is 3.29. The van der Waals surface area contributed by atoms with E-state index in [-0.39, 0.29) is 37.1 Å². The third kappa shape index (κ3) is 4.34. The number of ether oxygens (including phenoxy) is 2. The number of hydrogen-bond donors (Lipinski definition) is 4. The lowest BCUT2D eigenvalue weighted by molar-refractivity contribution is -0.213. The molecule has 7 heteroatoms. The Morgan fingerprint density at radius 1 is 1.38 bits per heavy atom. The maximum atomic E-state index is 10.7. The number of carboxylic acids is 1. The van der Waals surface area contributed by atoms with Crippen LogP contribution in [0.25, 0.3) is 0 Å². The van der Waals surface area contributed by atoms with Crippen molar-refractivity contribution in [2.75, 3.05) is 6.61 Å². The first-order valence-corrected chi connectivity index (χ1v) is 8.39. The predicted molar refractivity (Wildman–Crippen MR) is 85.4 cm³/mol. The van der Waals surface area contributed by atoms with E-state index in [2.05, 4.69) is 0 Å². The van der Waals surface area contributed by atoms with Crippen LogP contribution in [0.1, 0.15) is 33.6 Å². The second kappa shape index (κ2) is 7.49. The summed E-state index contributed by atoms with van der Waals surface area (Å²) in [5.74, 6) is -1.33. The van der Waals surface area contributed by atoms with E-state index in [0.717, 1.165) is 6.08 Å². The van der Waals surface area contributed by atoms with Crippen LogP contribution in [0.5, 0.6) is 0 Å². The zero-order valence-electron chi connectivity index (χ0n) is 14.3. The third-order valence-corrected chi connectivity index (χ3v) is 5.34. The maximum absolute atomic E-state index is 10.7. The van der Waals surface area contributed by atoms with Crippen LogP contribution < -0.4 is 0 Å². The quantitative estimate of drug-likeness (QED) is 0.388. The standard InChI is InChI=1S/C17H28O7/c1-9(10(2)18)15-13(24-15)7-11-8-23-12(5-4-6-14(19)20)16(21)17(11,3)22/h4,6,9-13,15-16,18,21-22H,5,7-8H2,1-3H3,(H,19,20)/b6-4+/t9-,10-,11?,12?,13-,15-,16?,17?/m0/s1. The lowest BCUT2D eigenvalue weighted by atomic mass is 9.76. The number of carbonyl (C=O) groups is 1. The number of carboxylic acid groups (broad SMARTS) is 1.